The highest BCUT2D eigenvalue weighted by molar-refractivity contribution is 7.17. The largest absolute Gasteiger partial charge is 0.496 e. The topological polar surface area (TPSA) is 49.8 Å². The van der Waals surface area contributed by atoms with E-state index in [9.17, 15) is 9.90 Å². The number of para-hydroxylation sites is 1. The van der Waals surface area contributed by atoms with Crippen molar-refractivity contribution in [2.24, 2.45) is 5.92 Å². The second kappa shape index (κ2) is 7.71. The number of carboxylic acid groups (broad SMARTS) is 1. The lowest BCUT2D eigenvalue weighted by Crippen LogP contribution is -2.41. The average molecular weight is 381 g/mol. The third-order valence-corrected chi connectivity index (χ3v) is 6.39. The Morgan fingerprint density at radius 3 is 2.78 bits per heavy atom. The number of piperidine rings is 1. The molecule has 1 aliphatic heterocycles. The van der Waals surface area contributed by atoms with Crippen molar-refractivity contribution >= 4 is 27.4 Å². The maximum atomic E-state index is 11.6. The molecule has 2 heterocycles. The molecular formula is C22H23NO3S. The summed E-state index contributed by atoms with van der Waals surface area (Å²) in [7, 11) is 1.69. The highest BCUT2D eigenvalue weighted by Crippen LogP contribution is 2.41. The molecule has 1 saturated heterocycles. The number of fused-ring (bicyclic) bond motifs is 1. The van der Waals surface area contributed by atoms with E-state index >= 15 is 0 Å². The van der Waals surface area contributed by atoms with Gasteiger partial charge in [-0.2, -0.15) is 0 Å². The molecule has 0 radical (unpaired) electrons. The van der Waals surface area contributed by atoms with Gasteiger partial charge >= 0.3 is 5.97 Å². The number of hydrogen-bond donors (Lipinski definition) is 1. The standard InChI is InChI=1S/C22H23NO3S/c1-26-19-10-4-2-9-17(19)21(23-12-6-7-15(13-23)22(24)25)18-14-27-20-11-5-3-8-16(18)20/h2-5,8-11,14-15,21H,6-7,12-13H2,1H3,(H,24,25). The molecule has 2 aromatic carbocycles. The summed E-state index contributed by atoms with van der Waals surface area (Å²) in [5.41, 5.74) is 2.32. The maximum absolute atomic E-state index is 11.6. The minimum atomic E-state index is -0.700. The van der Waals surface area contributed by atoms with Crippen LogP contribution in [0.25, 0.3) is 10.1 Å². The molecular weight excluding hydrogens is 358 g/mol. The van der Waals surface area contributed by atoms with E-state index in [1.54, 1.807) is 18.4 Å². The van der Waals surface area contributed by atoms with Crippen LogP contribution in [-0.2, 0) is 4.79 Å². The van der Waals surface area contributed by atoms with E-state index in [1.807, 2.05) is 18.2 Å². The van der Waals surface area contributed by atoms with Crippen molar-refractivity contribution in [2.45, 2.75) is 18.9 Å². The first-order chi connectivity index (χ1) is 13.2. The molecule has 140 valence electrons. The van der Waals surface area contributed by atoms with Crippen LogP contribution in [0.2, 0.25) is 0 Å². The van der Waals surface area contributed by atoms with Gasteiger partial charge in [0.1, 0.15) is 5.75 Å². The molecule has 27 heavy (non-hydrogen) atoms. The van der Waals surface area contributed by atoms with E-state index in [0.717, 1.165) is 30.7 Å². The van der Waals surface area contributed by atoms with Gasteiger partial charge in [0, 0.05) is 16.8 Å². The predicted molar refractivity (Wildman–Crippen MR) is 109 cm³/mol. The van der Waals surface area contributed by atoms with Gasteiger partial charge in [-0.15, -0.1) is 11.3 Å². The molecule has 1 aromatic heterocycles. The zero-order valence-electron chi connectivity index (χ0n) is 15.3. The summed E-state index contributed by atoms with van der Waals surface area (Å²) in [5, 5.41) is 13.0. The third-order valence-electron chi connectivity index (χ3n) is 5.41. The molecule has 0 spiro atoms. The summed E-state index contributed by atoms with van der Waals surface area (Å²) >= 11 is 1.74. The Labute approximate surface area is 163 Å². The minimum Gasteiger partial charge on any atom is -0.496 e. The Bertz CT molecular complexity index is 951. The molecule has 0 amide bonds. The fraction of sp³-hybridized carbons (Fsp3) is 0.318. The Hall–Kier alpha value is -2.37. The molecule has 4 rings (SSSR count). The minimum absolute atomic E-state index is 0.0144. The van der Waals surface area contributed by atoms with Crippen LogP contribution in [0.4, 0.5) is 0 Å². The van der Waals surface area contributed by atoms with Crippen molar-refractivity contribution in [3.8, 4) is 5.75 Å². The number of benzene rings is 2. The monoisotopic (exact) mass is 381 g/mol. The van der Waals surface area contributed by atoms with E-state index in [-0.39, 0.29) is 12.0 Å². The zero-order valence-corrected chi connectivity index (χ0v) is 16.1. The van der Waals surface area contributed by atoms with Crippen LogP contribution >= 0.6 is 11.3 Å². The number of thiophene rings is 1. The highest BCUT2D eigenvalue weighted by atomic mass is 32.1. The SMILES string of the molecule is COc1ccccc1C(c1csc2ccccc12)N1CCCC(C(=O)O)C1. The molecule has 0 aliphatic carbocycles. The van der Waals surface area contributed by atoms with Crippen molar-refractivity contribution in [2.75, 3.05) is 20.2 Å². The molecule has 1 fully saturated rings. The second-order valence-electron chi connectivity index (χ2n) is 7.00. The van der Waals surface area contributed by atoms with Gasteiger partial charge in [0.15, 0.2) is 0 Å². The van der Waals surface area contributed by atoms with Crippen LogP contribution < -0.4 is 4.74 Å². The Morgan fingerprint density at radius 2 is 1.96 bits per heavy atom. The average Bonchev–Trinajstić information content (AvgIpc) is 3.13. The van der Waals surface area contributed by atoms with Crippen LogP contribution in [0.5, 0.6) is 5.75 Å². The maximum Gasteiger partial charge on any atom is 0.307 e. The first-order valence-corrected chi connectivity index (χ1v) is 10.1. The smallest absolute Gasteiger partial charge is 0.307 e. The van der Waals surface area contributed by atoms with Gasteiger partial charge in [0.05, 0.1) is 19.1 Å². The van der Waals surface area contributed by atoms with Crippen LogP contribution in [0.1, 0.15) is 30.0 Å². The lowest BCUT2D eigenvalue weighted by atomic mass is 9.91. The first kappa shape index (κ1) is 18.0. The number of methoxy groups -OCH3 is 1. The van der Waals surface area contributed by atoms with Crippen molar-refractivity contribution < 1.29 is 14.6 Å². The van der Waals surface area contributed by atoms with Crippen LogP contribution in [-0.4, -0.2) is 36.2 Å². The number of nitrogens with zero attached hydrogens (tertiary/aromatic N) is 1. The van der Waals surface area contributed by atoms with Gasteiger partial charge in [0.25, 0.3) is 0 Å². The zero-order chi connectivity index (χ0) is 18.8. The van der Waals surface area contributed by atoms with Crippen molar-refractivity contribution in [3.05, 3.63) is 65.0 Å². The number of aliphatic carboxylic acids is 1. The van der Waals surface area contributed by atoms with Crippen LogP contribution in [0.15, 0.2) is 53.9 Å². The molecule has 2 unspecified atom stereocenters. The van der Waals surface area contributed by atoms with Gasteiger partial charge in [-0.05, 0) is 47.8 Å². The summed E-state index contributed by atoms with van der Waals surface area (Å²) in [6.07, 6.45) is 1.64. The number of rotatable bonds is 5. The normalized spacial score (nSPS) is 19.1. The van der Waals surface area contributed by atoms with Crippen molar-refractivity contribution in [1.29, 1.82) is 0 Å². The summed E-state index contributed by atoms with van der Waals surface area (Å²) in [6, 6.07) is 16.5. The molecule has 4 nitrogen and oxygen atoms in total. The van der Waals surface area contributed by atoms with E-state index in [1.165, 1.54) is 15.6 Å². The summed E-state index contributed by atoms with van der Waals surface area (Å²) in [4.78, 5) is 13.9. The van der Waals surface area contributed by atoms with Crippen LogP contribution in [0, 0.1) is 5.92 Å². The fourth-order valence-corrected chi connectivity index (χ4v) is 5.09. The summed E-state index contributed by atoms with van der Waals surface area (Å²) in [5.74, 6) is -0.176. The molecule has 0 saturated carbocycles. The number of ether oxygens (including phenoxy) is 1. The summed E-state index contributed by atoms with van der Waals surface area (Å²) in [6.45, 7) is 1.44. The molecule has 2 atom stereocenters. The highest BCUT2D eigenvalue weighted by Gasteiger charge is 2.33. The molecule has 1 aliphatic rings. The lowest BCUT2D eigenvalue weighted by molar-refractivity contribution is -0.143. The van der Waals surface area contributed by atoms with E-state index in [2.05, 4.69) is 40.6 Å². The number of hydrogen-bond acceptors (Lipinski definition) is 4. The Balaban J connectivity index is 1.84. The van der Waals surface area contributed by atoms with E-state index < -0.39 is 5.97 Å². The van der Waals surface area contributed by atoms with E-state index in [0.29, 0.717) is 6.54 Å². The second-order valence-corrected chi connectivity index (χ2v) is 7.92. The quantitative estimate of drug-likeness (QED) is 0.690. The van der Waals surface area contributed by atoms with Crippen molar-refractivity contribution in [3.63, 3.8) is 0 Å². The lowest BCUT2D eigenvalue weighted by Gasteiger charge is -2.37. The molecule has 1 N–H and O–H groups in total. The van der Waals surface area contributed by atoms with Gasteiger partial charge < -0.3 is 9.84 Å². The van der Waals surface area contributed by atoms with Gasteiger partial charge in [0.2, 0.25) is 0 Å². The van der Waals surface area contributed by atoms with Crippen molar-refractivity contribution in [1.82, 2.24) is 4.90 Å². The number of likely N-dealkylation sites (tertiary alicyclic amines) is 1. The van der Waals surface area contributed by atoms with Gasteiger partial charge in [-0.3, -0.25) is 9.69 Å². The number of carbonyl (C=O) groups is 1. The Morgan fingerprint density at radius 1 is 1.19 bits per heavy atom. The molecule has 3 aromatic rings. The summed E-state index contributed by atoms with van der Waals surface area (Å²) < 4.78 is 6.91. The van der Waals surface area contributed by atoms with E-state index in [4.69, 9.17) is 4.74 Å². The first-order valence-electron chi connectivity index (χ1n) is 9.25. The Kier molecular flexibility index (Phi) is 5.14. The predicted octanol–water partition coefficient (Wildman–Crippen LogP) is 4.80. The fourth-order valence-electron chi connectivity index (χ4n) is 4.11. The van der Waals surface area contributed by atoms with Gasteiger partial charge in [-0.1, -0.05) is 36.4 Å². The van der Waals surface area contributed by atoms with Crippen LogP contribution in [0.3, 0.4) is 0 Å². The molecule has 5 heteroatoms. The number of carboxylic acids is 1. The van der Waals surface area contributed by atoms with Gasteiger partial charge in [-0.25, -0.2) is 0 Å². The third kappa shape index (κ3) is 3.45. The molecule has 0 bridgehead atoms.